The number of amides is 1. The van der Waals surface area contributed by atoms with Gasteiger partial charge in [0.05, 0.1) is 34.4 Å². The molecule has 1 aromatic heterocycles. The third kappa shape index (κ3) is 3.63. The number of benzene rings is 4. The molecule has 168 valence electrons. The number of para-hydroxylation sites is 3. The molecule has 35 heavy (non-hydrogen) atoms. The van der Waals surface area contributed by atoms with Crippen LogP contribution in [0, 0.1) is 0 Å². The second kappa shape index (κ2) is 8.54. The Bertz CT molecular complexity index is 1650. The van der Waals surface area contributed by atoms with Gasteiger partial charge in [0, 0.05) is 5.56 Å². The lowest BCUT2D eigenvalue weighted by molar-refractivity contribution is -0.113. The van der Waals surface area contributed by atoms with Crippen molar-refractivity contribution in [3.05, 3.63) is 136 Å². The second-order valence-electron chi connectivity index (χ2n) is 8.42. The summed E-state index contributed by atoms with van der Waals surface area (Å²) < 4.78 is 1.57. The first-order valence-corrected chi connectivity index (χ1v) is 11.4. The summed E-state index contributed by atoms with van der Waals surface area (Å²) in [5, 5.41) is 0.530. The van der Waals surface area contributed by atoms with Gasteiger partial charge < -0.3 is 4.90 Å². The Kier molecular flexibility index (Phi) is 5.08. The number of carbonyl (C=O) groups is 1. The molecule has 0 saturated heterocycles. The maximum atomic E-state index is 13.7. The smallest absolute Gasteiger partial charge is 0.266 e. The molecule has 0 atom stereocenters. The third-order valence-corrected chi connectivity index (χ3v) is 6.23. The van der Waals surface area contributed by atoms with Crippen LogP contribution >= 0.6 is 0 Å². The van der Waals surface area contributed by atoms with E-state index in [1.54, 1.807) is 21.6 Å². The van der Waals surface area contributed by atoms with Gasteiger partial charge in [-0.3, -0.25) is 14.2 Å². The maximum Gasteiger partial charge on any atom is 0.266 e. The van der Waals surface area contributed by atoms with Crippen LogP contribution in [0.4, 0.5) is 5.69 Å². The molecule has 1 amide bonds. The molecule has 5 aromatic rings. The van der Waals surface area contributed by atoms with Crippen molar-refractivity contribution in [1.82, 2.24) is 9.55 Å². The number of anilines is 1. The van der Waals surface area contributed by atoms with Crippen LogP contribution in [0.15, 0.2) is 114 Å². The summed E-state index contributed by atoms with van der Waals surface area (Å²) in [4.78, 5) is 33.9. The van der Waals surface area contributed by atoms with Gasteiger partial charge in [-0.2, -0.15) is 0 Å². The fourth-order valence-electron chi connectivity index (χ4n) is 4.57. The van der Waals surface area contributed by atoms with Crippen molar-refractivity contribution in [3.8, 4) is 5.69 Å². The summed E-state index contributed by atoms with van der Waals surface area (Å²) in [5.41, 5.74) is 4.36. The van der Waals surface area contributed by atoms with Gasteiger partial charge in [-0.15, -0.1) is 0 Å². The summed E-state index contributed by atoms with van der Waals surface area (Å²) in [6, 6.07) is 34.3. The molecule has 5 nitrogen and oxygen atoms in total. The highest BCUT2D eigenvalue weighted by atomic mass is 16.2. The van der Waals surface area contributed by atoms with Crippen LogP contribution < -0.4 is 10.5 Å². The van der Waals surface area contributed by atoms with E-state index in [1.165, 1.54) is 0 Å². The Labute approximate surface area is 202 Å². The van der Waals surface area contributed by atoms with Crippen LogP contribution in [0.3, 0.4) is 0 Å². The zero-order valence-corrected chi connectivity index (χ0v) is 18.8. The quantitative estimate of drug-likeness (QED) is 0.338. The van der Waals surface area contributed by atoms with Gasteiger partial charge in [0.1, 0.15) is 5.82 Å². The van der Waals surface area contributed by atoms with Crippen LogP contribution in [0.1, 0.15) is 17.0 Å². The molecule has 1 aliphatic heterocycles. The van der Waals surface area contributed by atoms with E-state index < -0.39 is 0 Å². The van der Waals surface area contributed by atoms with E-state index in [9.17, 15) is 9.59 Å². The fraction of sp³-hybridized carbons (Fsp3) is 0.0333. The lowest BCUT2D eigenvalue weighted by Gasteiger charge is -2.17. The van der Waals surface area contributed by atoms with E-state index in [0.29, 0.717) is 34.5 Å². The zero-order valence-electron chi connectivity index (χ0n) is 18.8. The van der Waals surface area contributed by atoms with Crippen LogP contribution in [0.25, 0.3) is 28.2 Å². The van der Waals surface area contributed by atoms with E-state index in [4.69, 9.17) is 4.98 Å². The summed E-state index contributed by atoms with van der Waals surface area (Å²) >= 11 is 0. The Morgan fingerprint density at radius 1 is 0.714 bits per heavy atom. The number of hydrogen-bond donors (Lipinski definition) is 0. The van der Waals surface area contributed by atoms with Crippen LogP contribution in [-0.2, 0) is 11.3 Å². The topological polar surface area (TPSA) is 55.2 Å². The molecule has 0 spiro atoms. The van der Waals surface area contributed by atoms with Crippen LogP contribution in [0.2, 0.25) is 0 Å². The molecular formula is C30H21N3O2. The standard InChI is InChI=1S/C30H21N3O2/c34-29-25(23-15-8-10-18-27(23)32(29)20-21-11-3-1-4-12-21)19-28-31-26-17-9-7-16-24(26)30(35)33(28)22-13-5-2-6-14-22/h1-19H,20H2/b25-19+. The number of hydrogen-bond acceptors (Lipinski definition) is 3. The Hall–Kier alpha value is -4.77. The van der Waals surface area contributed by atoms with Crippen LogP contribution in [0.5, 0.6) is 0 Å². The summed E-state index contributed by atoms with van der Waals surface area (Å²) in [5.74, 6) is 0.302. The van der Waals surface area contributed by atoms with Crippen molar-refractivity contribution in [2.45, 2.75) is 6.54 Å². The van der Waals surface area contributed by atoms with Gasteiger partial charge in [-0.25, -0.2) is 4.98 Å². The molecule has 1 aliphatic rings. The third-order valence-electron chi connectivity index (χ3n) is 6.23. The van der Waals surface area contributed by atoms with Crippen molar-refractivity contribution in [3.63, 3.8) is 0 Å². The van der Waals surface area contributed by atoms with Crippen LogP contribution in [-0.4, -0.2) is 15.5 Å². The molecule has 0 aliphatic carbocycles. The summed E-state index contributed by atoms with van der Waals surface area (Å²) in [6.45, 7) is 0.463. The minimum Gasteiger partial charge on any atom is -0.303 e. The lowest BCUT2D eigenvalue weighted by Crippen LogP contribution is -2.26. The van der Waals surface area contributed by atoms with E-state index in [0.717, 1.165) is 16.8 Å². The van der Waals surface area contributed by atoms with E-state index >= 15 is 0 Å². The predicted molar refractivity (Wildman–Crippen MR) is 139 cm³/mol. The van der Waals surface area contributed by atoms with E-state index in [2.05, 4.69) is 0 Å². The van der Waals surface area contributed by atoms with Gasteiger partial charge in [0.2, 0.25) is 0 Å². The first-order chi connectivity index (χ1) is 17.2. The second-order valence-corrected chi connectivity index (χ2v) is 8.42. The molecule has 6 rings (SSSR count). The highest BCUT2D eigenvalue weighted by molar-refractivity contribution is 6.35. The molecule has 0 unspecified atom stereocenters. The van der Waals surface area contributed by atoms with E-state index in [1.807, 2.05) is 103 Å². The number of carbonyl (C=O) groups excluding carboxylic acids is 1. The average molecular weight is 456 g/mol. The Morgan fingerprint density at radius 2 is 1.37 bits per heavy atom. The molecule has 0 fully saturated rings. The largest absolute Gasteiger partial charge is 0.303 e. The highest BCUT2D eigenvalue weighted by Gasteiger charge is 2.32. The number of fused-ring (bicyclic) bond motifs is 2. The zero-order chi connectivity index (χ0) is 23.8. The van der Waals surface area contributed by atoms with Gasteiger partial charge in [0.25, 0.3) is 11.5 Å². The molecule has 5 heteroatoms. The molecule has 2 heterocycles. The van der Waals surface area contributed by atoms with Crippen molar-refractivity contribution < 1.29 is 4.79 Å². The summed E-state index contributed by atoms with van der Waals surface area (Å²) in [6.07, 6.45) is 1.74. The Balaban J connectivity index is 1.55. The first-order valence-electron chi connectivity index (χ1n) is 11.4. The van der Waals surface area contributed by atoms with Gasteiger partial charge in [0.15, 0.2) is 0 Å². The normalized spacial score (nSPS) is 14.0. The van der Waals surface area contributed by atoms with Crippen molar-refractivity contribution >= 4 is 34.1 Å². The van der Waals surface area contributed by atoms with Gasteiger partial charge >= 0.3 is 0 Å². The monoisotopic (exact) mass is 455 g/mol. The minimum atomic E-state index is -0.173. The predicted octanol–water partition coefficient (Wildman–Crippen LogP) is 5.47. The molecule has 4 aromatic carbocycles. The molecule has 0 N–H and O–H groups in total. The lowest BCUT2D eigenvalue weighted by atomic mass is 10.1. The molecular weight excluding hydrogens is 434 g/mol. The van der Waals surface area contributed by atoms with Gasteiger partial charge in [-0.1, -0.05) is 78.9 Å². The minimum absolute atomic E-state index is 0.114. The number of rotatable bonds is 4. The Morgan fingerprint density at radius 3 is 2.17 bits per heavy atom. The van der Waals surface area contributed by atoms with Crippen molar-refractivity contribution in [1.29, 1.82) is 0 Å². The number of nitrogens with zero attached hydrogens (tertiary/aromatic N) is 3. The molecule has 0 saturated carbocycles. The molecule has 0 radical (unpaired) electrons. The maximum absolute atomic E-state index is 13.7. The molecule has 0 bridgehead atoms. The first kappa shape index (κ1) is 20.8. The van der Waals surface area contributed by atoms with Gasteiger partial charge in [-0.05, 0) is 42.0 Å². The SMILES string of the molecule is O=C1/C(=C/c2nc3ccccc3c(=O)n2-c2ccccc2)c2ccccc2N1Cc1ccccc1. The van der Waals surface area contributed by atoms with Crippen molar-refractivity contribution in [2.24, 2.45) is 0 Å². The van der Waals surface area contributed by atoms with Crippen molar-refractivity contribution in [2.75, 3.05) is 4.90 Å². The van der Waals surface area contributed by atoms with E-state index in [-0.39, 0.29) is 11.5 Å². The fourth-order valence-corrected chi connectivity index (χ4v) is 4.57. The highest BCUT2D eigenvalue weighted by Crippen LogP contribution is 2.38. The number of aromatic nitrogens is 2. The average Bonchev–Trinajstić information content (AvgIpc) is 3.16. The summed E-state index contributed by atoms with van der Waals surface area (Å²) in [7, 11) is 0.